The van der Waals surface area contributed by atoms with Crippen molar-refractivity contribution in [2.45, 2.75) is 20.3 Å². The lowest BCUT2D eigenvalue weighted by atomic mass is 10.1. The summed E-state index contributed by atoms with van der Waals surface area (Å²) >= 11 is 0. The van der Waals surface area contributed by atoms with E-state index < -0.39 is 0 Å². The van der Waals surface area contributed by atoms with Crippen molar-refractivity contribution in [3.63, 3.8) is 0 Å². The fourth-order valence-electron chi connectivity index (χ4n) is 2.58. The summed E-state index contributed by atoms with van der Waals surface area (Å²) < 4.78 is 1.57. The van der Waals surface area contributed by atoms with E-state index in [-0.39, 0.29) is 6.03 Å². The van der Waals surface area contributed by atoms with Crippen LogP contribution in [-0.4, -0.2) is 32.8 Å². The van der Waals surface area contributed by atoms with Gasteiger partial charge in [0.05, 0.1) is 5.69 Å². The van der Waals surface area contributed by atoms with E-state index in [1.54, 1.807) is 4.68 Å². The molecule has 0 bridgehead atoms. The zero-order valence-corrected chi connectivity index (χ0v) is 14.2. The number of carbonyl (C=O) groups is 1. The summed E-state index contributed by atoms with van der Waals surface area (Å²) in [5.41, 5.74) is 4.98. The summed E-state index contributed by atoms with van der Waals surface area (Å²) in [6.07, 6.45) is 2.32. The van der Waals surface area contributed by atoms with Crippen LogP contribution in [0.25, 0.3) is 5.69 Å². The Labute approximate surface area is 146 Å². The van der Waals surface area contributed by atoms with Gasteiger partial charge in [-0.15, -0.1) is 5.10 Å². The third kappa shape index (κ3) is 4.20. The SMILES string of the molecule is Cc1ccccc1CCNC(=O)Nc1ccc(C)c(-n2cnnn2)c1. The largest absolute Gasteiger partial charge is 0.338 e. The molecule has 3 rings (SSSR count). The van der Waals surface area contributed by atoms with Crippen LogP contribution in [0.2, 0.25) is 0 Å². The van der Waals surface area contributed by atoms with Gasteiger partial charge in [-0.25, -0.2) is 9.48 Å². The molecule has 1 aromatic heterocycles. The van der Waals surface area contributed by atoms with Crippen LogP contribution in [0.4, 0.5) is 10.5 Å². The second-order valence-corrected chi connectivity index (χ2v) is 5.81. The van der Waals surface area contributed by atoms with Gasteiger partial charge >= 0.3 is 6.03 Å². The number of benzene rings is 2. The molecule has 0 unspecified atom stereocenters. The number of hydrogen-bond acceptors (Lipinski definition) is 4. The number of tetrazole rings is 1. The Bertz CT molecular complexity index is 860. The van der Waals surface area contributed by atoms with Gasteiger partial charge in [0.25, 0.3) is 0 Å². The maximum atomic E-state index is 12.1. The lowest BCUT2D eigenvalue weighted by molar-refractivity contribution is 0.252. The Kier molecular flexibility index (Phi) is 5.03. The second kappa shape index (κ2) is 7.57. The zero-order valence-electron chi connectivity index (χ0n) is 14.2. The molecule has 0 saturated carbocycles. The van der Waals surface area contributed by atoms with E-state index in [1.807, 2.05) is 37.3 Å². The first-order valence-electron chi connectivity index (χ1n) is 8.07. The van der Waals surface area contributed by atoms with Crippen molar-refractivity contribution in [3.05, 3.63) is 65.5 Å². The maximum absolute atomic E-state index is 12.1. The molecule has 1 heterocycles. The maximum Gasteiger partial charge on any atom is 0.319 e. The van der Waals surface area contributed by atoms with E-state index in [2.05, 4.69) is 45.2 Å². The van der Waals surface area contributed by atoms with Crippen molar-refractivity contribution < 1.29 is 4.79 Å². The fourth-order valence-corrected chi connectivity index (χ4v) is 2.58. The van der Waals surface area contributed by atoms with E-state index in [0.717, 1.165) is 17.7 Å². The van der Waals surface area contributed by atoms with Gasteiger partial charge < -0.3 is 10.6 Å². The molecule has 2 amide bonds. The summed E-state index contributed by atoms with van der Waals surface area (Å²) in [7, 11) is 0. The monoisotopic (exact) mass is 336 g/mol. The first-order chi connectivity index (χ1) is 12.1. The number of hydrogen-bond donors (Lipinski definition) is 2. The number of urea groups is 1. The fraction of sp³-hybridized carbons (Fsp3) is 0.222. The average Bonchev–Trinajstić information content (AvgIpc) is 3.13. The third-order valence-corrected chi connectivity index (χ3v) is 4.00. The highest BCUT2D eigenvalue weighted by Gasteiger charge is 2.07. The molecule has 0 radical (unpaired) electrons. The number of carbonyl (C=O) groups excluding carboxylic acids is 1. The molecule has 0 aliphatic carbocycles. The van der Waals surface area contributed by atoms with Crippen molar-refractivity contribution in [2.24, 2.45) is 0 Å². The lowest BCUT2D eigenvalue weighted by Crippen LogP contribution is -2.30. The number of aromatic nitrogens is 4. The van der Waals surface area contributed by atoms with Gasteiger partial charge in [-0.1, -0.05) is 30.3 Å². The third-order valence-electron chi connectivity index (χ3n) is 4.00. The van der Waals surface area contributed by atoms with Gasteiger partial charge in [-0.2, -0.15) is 0 Å². The summed E-state index contributed by atoms with van der Waals surface area (Å²) in [4.78, 5) is 12.1. The minimum absolute atomic E-state index is 0.236. The lowest BCUT2D eigenvalue weighted by Gasteiger charge is -2.11. The first kappa shape index (κ1) is 16.6. The van der Waals surface area contributed by atoms with Crippen LogP contribution in [0.1, 0.15) is 16.7 Å². The molecule has 3 aromatic rings. The minimum atomic E-state index is -0.236. The van der Waals surface area contributed by atoms with Crippen LogP contribution in [0.5, 0.6) is 0 Å². The van der Waals surface area contributed by atoms with Crippen molar-refractivity contribution in [3.8, 4) is 5.69 Å². The van der Waals surface area contributed by atoms with Crippen molar-refractivity contribution in [1.82, 2.24) is 25.5 Å². The van der Waals surface area contributed by atoms with Crippen LogP contribution in [0.15, 0.2) is 48.8 Å². The van der Waals surface area contributed by atoms with Crippen LogP contribution >= 0.6 is 0 Å². The highest BCUT2D eigenvalue weighted by molar-refractivity contribution is 5.89. The number of nitrogens with zero attached hydrogens (tertiary/aromatic N) is 4. The second-order valence-electron chi connectivity index (χ2n) is 5.81. The Morgan fingerprint density at radius 3 is 2.72 bits per heavy atom. The van der Waals surface area contributed by atoms with Gasteiger partial charge in [0.1, 0.15) is 6.33 Å². The number of rotatable bonds is 5. The van der Waals surface area contributed by atoms with E-state index in [0.29, 0.717) is 12.2 Å². The van der Waals surface area contributed by atoms with E-state index in [1.165, 1.54) is 17.5 Å². The molecule has 0 spiro atoms. The Hall–Kier alpha value is -3.22. The Morgan fingerprint density at radius 1 is 1.12 bits per heavy atom. The predicted octanol–water partition coefficient (Wildman–Crippen LogP) is 2.64. The molecule has 0 atom stereocenters. The number of anilines is 1. The molecule has 2 N–H and O–H groups in total. The molecule has 7 nitrogen and oxygen atoms in total. The molecule has 0 aliphatic heterocycles. The van der Waals surface area contributed by atoms with E-state index in [4.69, 9.17) is 0 Å². The highest BCUT2D eigenvalue weighted by Crippen LogP contribution is 2.18. The van der Waals surface area contributed by atoms with Gasteiger partial charge in [0, 0.05) is 12.2 Å². The van der Waals surface area contributed by atoms with Crippen molar-refractivity contribution >= 4 is 11.7 Å². The summed E-state index contributed by atoms with van der Waals surface area (Å²) in [6.45, 7) is 4.60. The number of nitrogens with one attached hydrogen (secondary N) is 2. The number of aryl methyl sites for hydroxylation is 2. The molecule has 2 aromatic carbocycles. The number of amides is 2. The van der Waals surface area contributed by atoms with E-state index in [9.17, 15) is 4.79 Å². The molecule has 0 aliphatic rings. The molecular weight excluding hydrogens is 316 g/mol. The van der Waals surface area contributed by atoms with Gasteiger partial charge in [0.15, 0.2) is 0 Å². The molecule has 0 fully saturated rings. The molecule has 128 valence electrons. The minimum Gasteiger partial charge on any atom is -0.338 e. The molecule has 25 heavy (non-hydrogen) atoms. The van der Waals surface area contributed by atoms with Crippen LogP contribution in [0, 0.1) is 13.8 Å². The highest BCUT2D eigenvalue weighted by atomic mass is 16.2. The van der Waals surface area contributed by atoms with Crippen molar-refractivity contribution in [1.29, 1.82) is 0 Å². The summed E-state index contributed by atoms with van der Waals surface area (Å²) in [5.74, 6) is 0. The van der Waals surface area contributed by atoms with Gasteiger partial charge in [-0.3, -0.25) is 0 Å². The zero-order chi connectivity index (χ0) is 17.6. The van der Waals surface area contributed by atoms with Gasteiger partial charge in [0.2, 0.25) is 0 Å². The van der Waals surface area contributed by atoms with E-state index >= 15 is 0 Å². The molecule has 0 saturated heterocycles. The summed E-state index contributed by atoms with van der Waals surface area (Å²) in [6, 6.07) is 13.5. The first-order valence-corrected chi connectivity index (χ1v) is 8.07. The van der Waals surface area contributed by atoms with Crippen LogP contribution < -0.4 is 10.6 Å². The smallest absolute Gasteiger partial charge is 0.319 e. The Morgan fingerprint density at radius 2 is 1.96 bits per heavy atom. The van der Waals surface area contributed by atoms with Crippen LogP contribution in [-0.2, 0) is 6.42 Å². The molecule has 7 heteroatoms. The Balaban J connectivity index is 1.58. The van der Waals surface area contributed by atoms with Crippen LogP contribution in [0.3, 0.4) is 0 Å². The quantitative estimate of drug-likeness (QED) is 0.750. The topological polar surface area (TPSA) is 84.7 Å². The normalized spacial score (nSPS) is 10.5. The van der Waals surface area contributed by atoms with Gasteiger partial charge in [-0.05, 0) is 59.5 Å². The standard InChI is InChI=1S/C18H20N6O/c1-13-5-3-4-6-15(13)9-10-19-18(25)21-16-8-7-14(2)17(11-16)24-12-20-22-23-24/h3-8,11-12H,9-10H2,1-2H3,(H2,19,21,25). The molecular formula is C18H20N6O. The predicted molar refractivity (Wildman–Crippen MR) is 95.8 cm³/mol. The average molecular weight is 336 g/mol. The summed E-state index contributed by atoms with van der Waals surface area (Å²) in [5, 5.41) is 16.9. The van der Waals surface area contributed by atoms with Crippen molar-refractivity contribution in [2.75, 3.05) is 11.9 Å².